The number of aromatic nitrogens is 2. The Morgan fingerprint density at radius 2 is 1.30 bits per heavy atom. The topological polar surface area (TPSA) is 27.0 Å². The van der Waals surface area contributed by atoms with Crippen molar-refractivity contribution in [2.24, 2.45) is 0 Å². The fraction of sp³-hybridized carbons (Fsp3) is 0.164. The van der Waals surface area contributed by atoms with E-state index in [9.17, 15) is 0 Å². The minimum absolute atomic E-state index is 0. The standard InChI is InChI=1S/C34H36IN2S2.3C7H7.Hf/c1-5-9-18-35-25-13-15-27-24(21-25)20-23-12-14-26(38-19-10-6-2)22-28(23)33(27)30-16-17-31(36-30)34-37-29(11-7-3)32(8-4)39-34;3*1-7-5-3-2-4-6-7;/h7-8,11-17,20-22,35H,4-6,9-10,18-19H2,1-3H3;3*2-6H,1H2;/q4*-1;+4/b11-7-;;;;. The summed E-state index contributed by atoms with van der Waals surface area (Å²) in [5.41, 5.74) is 7.36. The third-order valence-corrected chi connectivity index (χ3v) is 14.5. The van der Waals surface area contributed by atoms with E-state index in [4.69, 9.17) is 9.97 Å². The molecule has 61 heavy (non-hydrogen) atoms. The predicted molar refractivity (Wildman–Crippen MR) is 278 cm³/mol. The monoisotopic (exact) mass is 1120 g/mol. The number of unbranched alkanes of at least 4 members (excludes halogenated alkanes) is 2. The normalized spacial score (nSPS) is 10.5. The average Bonchev–Trinajstić information content (AvgIpc) is 3.92. The number of benzene rings is 6. The van der Waals surface area contributed by atoms with Crippen LogP contribution in [0.2, 0.25) is 0 Å². The summed E-state index contributed by atoms with van der Waals surface area (Å²) in [5, 5.41) is 6.12. The van der Waals surface area contributed by atoms with E-state index < -0.39 is 0 Å². The van der Waals surface area contributed by atoms with Crippen LogP contribution in [0.25, 0.3) is 55.7 Å². The molecule has 0 radical (unpaired) electrons. The number of rotatable bonds is 12. The predicted octanol–water partition coefficient (Wildman–Crippen LogP) is 16.6. The molecule has 0 N–H and O–H groups in total. The van der Waals surface area contributed by atoms with Crippen molar-refractivity contribution in [1.29, 1.82) is 0 Å². The second-order valence-electron chi connectivity index (χ2n) is 14.1. The number of halogens is 1. The fourth-order valence-corrected chi connectivity index (χ4v) is 11.0. The maximum atomic E-state index is 5.18. The van der Waals surface area contributed by atoms with E-state index >= 15 is 0 Å². The summed E-state index contributed by atoms with van der Waals surface area (Å²) < 4.78 is 2.92. The molecule has 2 aromatic heterocycles. The SMILES string of the molecule is C=Cc1sc(-c2ccc(-c3c4ccc([IH]CCCC)cc4cc4ccc(SCCCC)cc34)[n-]2)nc1/C=C\C.[CH2-]c1ccccc1.[CH2-]c1ccccc1.[CH2-]c1ccccc1.[Hf+4]. The molecule has 0 fully saturated rings. The number of fused-ring (bicyclic) bond motifs is 2. The van der Waals surface area contributed by atoms with Crippen molar-refractivity contribution in [1.82, 2.24) is 9.97 Å². The molecule has 0 atom stereocenters. The summed E-state index contributed by atoms with van der Waals surface area (Å²) >= 11 is 3.46. The van der Waals surface area contributed by atoms with Crippen LogP contribution < -0.4 is 4.98 Å². The van der Waals surface area contributed by atoms with E-state index in [1.165, 1.54) is 62.1 Å². The van der Waals surface area contributed by atoms with Crippen molar-refractivity contribution in [3.8, 4) is 22.0 Å². The number of nitrogens with zero attached hydrogens (tertiary/aromatic N) is 2. The van der Waals surface area contributed by atoms with Gasteiger partial charge in [-0.3, -0.25) is 0 Å². The van der Waals surface area contributed by atoms with Crippen LogP contribution in [0.4, 0.5) is 0 Å². The van der Waals surface area contributed by atoms with Gasteiger partial charge in [0.15, 0.2) is 0 Å². The van der Waals surface area contributed by atoms with Gasteiger partial charge in [0.25, 0.3) is 0 Å². The van der Waals surface area contributed by atoms with Gasteiger partial charge < -0.3 is 0 Å². The Morgan fingerprint density at radius 1 is 0.689 bits per heavy atom. The van der Waals surface area contributed by atoms with Crippen LogP contribution in [0.3, 0.4) is 0 Å². The van der Waals surface area contributed by atoms with Gasteiger partial charge in [-0.15, -0.1) is 36.4 Å². The van der Waals surface area contributed by atoms with Gasteiger partial charge in [0.1, 0.15) is 0 Å². The number of alkyl halides is 1. The molecule has 0 saturated heterocycles. The zero-order valence-electron chi connectivity index (χ0n) is 35.8. The Morgan fingerprint density at radius 3 is 1.84 bits per heavy atom. The van der Waals surface area contributed by atoms with Crippen LogP contribution in [0.15, 0.2) is 163 Å². The molecule has 6 heteroatoms. The van der Waals surface area contributed by atoms with Gasteiger partial charge in [-0.05, 0) is 6.92 Å². The Hall–Kier alpha value is -4.21. The molecule has 8 aromatic rings. The van der Waals surface area contributed by atoms with Crippen LogP contribution in [0.5, 0.6) is 0 Å². The maximum absolute atomic E-state index is 5.18. The van der Waals surface area contributed by atoms with Crippen LogP contribution >= 0.6 is 44.3 Å². The van der Waals surface area contributed by atoms with E-state index in [2.05, 4.69) is 95.8 Å². The van der Waals surface area contributed by atoms with Crippen molar-refractivity contribution in [3.05, 3.63) is 210 Å². The van der Waals surface area contributed by atoms with E-state index in [0.29, 0.717) is 0 Å². The molecule has 2 nitrogen and oxygen atoms in total. The molecule has 0 aliphatic carbocycles. The molecular weight excluding hydrogens is 1060 g/mol. The van der Waals surface area contributed by atoms with Gasteiger partial charge >= 0.3 is 252 Å². The van der Waals surface area contributed by atoms with Gasteiger partial charge in [0, 0.05) is 0 Å². The first-order valence-corrected chi connectivity index (χ1v) is 25.2. The third kappa shape index (κ3) is 15.6. The smallest absolute Gasteiger partial charge is 0.199 e. The minimum atomic E-state index is -0.147. The first kappa shape index (κ1) is 49.4. The molecule has 0 spiro atoms. The van der Waals surface area contributed by atoms with Gasteiger partial charge in [0.05, 0.1) is 0 Å². The first-order chi connectivity index (χ1) is 29.3. The van der Waals surface area contributed by atoms with Crippen LogP contribution in [-0.2, 0) is 25.8 Å². The van der Waals surface area contributed by atoms with E-state index in [-0.39, 0.29) is 47.0 Å². The molecule has 0 amide bonds. The zero-order chi connectivity index (χ0) is 42.5. The van der Waals surface area contributed by atoms with Gasteiger partial charge in [0.2, 0.25) is 0 Å². The van der Waals surface area contributed by atoms with Gasteiger partial charge in [-0.1, -0.05) is 37.8 Å². The molecule has 2 heterocycles. The minimum Gasteiger partial charge on any atom is -0.199 e. The number of hydrogen-bond donors (Lipinski definition) is 0. The molecule has 0 aliphatic heterocycles. The van der Waals surface area contributed by atoms with Crippen molar-refractivity contribution in [3.63, 3.8) is 0 Å². The second kappa shape index (κ2) is 27.0. The Labute approximate surface area is 403 Å². The van der Waals surface area contributed by atoms with E-state index in [1.807, 2.05) is 128 Å². The Balaban J connectivity index is 0.000000300. The molecule has 0 aliphatic rings. The van der Waals surface area contributed by atoms with Gasteiger partial charge in [-0.2, -0.15) is 73.9 Å². The quantitative estimate of drug-likeness (QED) is 0.0232. The van der Waals surface area contributed by atoms with Crippen molar-refractivity contribution in [2.75, 3.05) is 10.2 Å². The summed E-state index contributed by atoms with van der Waals surface area (Å²) in [6.07, 6.45) is 11.0. The van der Waals surface area contributed by atoms with Crippen LogP contribution in [-0.4, -0.2) is 15.2 Å². The summed E-state index contributed by atoms with van der Waals surface area (Å²) in [4.78, 5) is 12.5. The molecule has 0 saturated carbocycles. The zero-order valence-corrected chi connectivity index (χ0v) is 43.3. The molecule has 8 rings (SSSR count). The molecule has 0 bridgehead atoms. The molecule has 0 unspecified atom stereocenters. The summed E-state index contributed by atoms with van der Waals surface area (Å²) in [5.74, 6) is 1.15. The summed E-state index contributed by atoms with van der Waals surface area (Å²) in [6, 6.07) is 50.5. The summed E-state index contributed by atoms with van der Waals surface area (Å²) in [6.45, 7) is 21.7. The van der Waals surface area contributed by atoms with Crippen molar-refractivity contribution in [2.45, 2.75) is 51.3 Å². The number of allylic oxidation sites excluding steroid dienone is 1. The van der Waals surface area contributed by atoms with Crippen LogP contribution in [0, 0.1) is 24.3 Å². The third-order valence-electron chi connectivity index (χ3n) is 9.27. The molecule has 6 aromatic carbocycles. The second-order valence-corrected chi connectivity index (χ2v) is 19.6. The molecular formula is C55H57HfIN2S2. The number of thioether (sulfide) groups is 1. The van der Waals surface area contributed by atoms with Crippen molar-refractivity contribution >= 4 is 78.0 Å². The Kier molecular flexibility index (Phi) is 21.9. The number of hydrogen-bond acceptors (Lipinski definition) is 3. The fourth-order valence-electron chi connectivity index (χ4n) is 6.13. The summed E-state index contributed by atoms with van der Waals surface area (Å²) in [7, 11) is 0. The van der Waals surface area contributed by atoms with Crippen LogP contribution in [0.1, 0.15) is 73.7 Å². The average molecular weight is 1120 g/mol. The molecule has 310 valence electrons. The first-order valence-electron chi connectivity index (χ1n) is 20.6. The number of thiazole rings is 1. The Bertz CT molecular complexity index is 2440. The van der Waals surface area contributed by atoms with Gasteiger partial charge in [-0.25, -0.2) is 0 Å². The van der Waals surface area contributed by atoms with E-state index in [1.54, 1.807) is 14.9 Å². The van der Waals surface area contributed by atoms with Crippen molar-refractivity contribution < 1.29 is 25.8 Å². The van der Waals surface area contributed by atoms with E-state index in [0.717, 1.165) is 49.4 Å².